The highest BCUT2D eigenvalue weighted by Crippen LogP contribution is 2.61. The molecule has 4 nitrogen and oxygen atoms in total. The predicted molar refractivity (Wildman–Crippen MR) is 314 cm³/mol. The minimum Gasteiger partial charge on any atom is -0.310 e. The van der Waals surface area contributed by atoms with Crippen LogP contribution < -0.4 is 9.80 Å². The summed E-state index contributed by atoms with van der Waals surface area (Å²) in [4.78, 5) is 5.10. The Labute approximate surface area is 433 Å². The van der Waals surface area contributed by atoms with Gasteiger partial charge in [-0.1, -0.05) is 137 Å². The molecular formula is C70H58N4. The van der Waals surface area contributed by atoms with Crippen molar-refractivity contribution in [2.24, 2.45) is 0 Å². The third kappa shape index (κ3) is 5.48. The van der Waals surface area contributed by atoms with E-state index in [0.29, 0.717) is 0 Å². The lowest BCUT2D eigenvalue weighted by Crippen LogP contribution is -2.17. The van der Waals surface area contributed by atoms with Crippen molar-refractivity contribution in [3.8, 4) is 22.5 Å². The zero-order valence-electron chi connectivity index (χ0n) is 44.0. The Morgan fingerprint density at radius 2 is 0.716 bits per heavy atom. The molecule has 0 aliphatic heterocycles. The molecule has 0 amide bonds. The number of hydrogen-bond acceptors (Lipinski definition) is 2. The first kappa shape index (κ1) is 43.3. The summed E-state index contributed by atoms with van der Waals surface area (Å²) in [6.07, 6.45) is 0. The van der Waals surface area contributed by atoms with Crippen molar-refractivity contribution in [1.82, 2.24) is 8.80 Å². The van der Waals surface area contributed by atoms with Crippen molar-refractivity contribution in [3.63, 3.8) is 0 Å². The first-order chi connectivity index (χ1) is 35.7. The molecule has 4 heteroatoms. The van der Waals surface area contributed by atoms with Crippen LogP contribution >= 0.6 is 0 Å². The highest BCUT2D eigenvalue weighted by Gasteiger charge is 2.45. The minimum absolute atomic E-state index is 0.253. The Balaban J connectivity index is 1.10. The highest BCUT2D eigenvalue weighted by atomic mass is 15.2. The molecule has 13 aromatic rings. The molecule has 9 aromatic carbocycles. The SMILES string of the molecule is Cc1cc(C)cc(N(c2ccccc2C)c2ccc3c4cc5c(cc4n4c6c(c2c34)C(C)(C)c2ccccc2-6)c2ccc(N(c3cc(C)cc(C)c3)c3ccccc3C)c3c4c(n5c32)-c2ccccc2C4(C)C)c1. The summed E-state index contributed by atoms with van der Waals surface area (Å²) in [5.41, 5.74) is 30.1. The number of hydrogen-bond donors (Lipinski definition) is 0. The fourth-order valence-corrected chi connectivity index (χ4v) is 14.5. The predicted octanol–water partition coefficient (Wildman–Crippen LogP) is 19.1. The quantitative estimate of drug-likeness (QED) is 0.165. The van der Waals surface area contributed by atoms with E-state index >= 15 is 0 Å². The molecule has 0 saturated carbocycles. The van der Waals surface area contributed by atoms with Crippen LogP contribution in [0.25, 0.3) is 76.9 Å². The van der Waals surface area contributed by atoms with Gasteiger partial charge in [-0.05, 0) is 158 Å². The van der Waals surface area contributed by atoms with Crippen molar-refractivity contribution >= 4 is 88.5 Å². The number of fused-ring (bicyclic) bond motifs is 16. The van der Waals surface area contributed by atoms with E-state index in [4.69, 9.17) is 0 Å². The number of para-hydroxylation sites is 2. The Morgan fingerprint density at radius 3 is 1.11 bits per heavy atom. The molecule has 74 heavy (non-hydrogen) atoms. The molecule has 0 saturated heterocycles. The average Bonchev–Trinajstić information content (AvgIpc) is 4.19. The molecule has 0 radical (unpaired) electrons. The summed E-state index contributed by atoms with van der Waals surface area (Å²) in [6.45, 7) is 23.2. The van der Waals surface area contributed by atoms with Crippen LogP contribution in [0.15, 0.2) is 170 Å². The number of anilines is 6. The van der Waals surface area contributed by atoms with Crippen LogP contribution in [-0.2, 0) is 10.8 Å². The van der Waals surface area contributed by atoms with Gasteiger partial charge in [-0.15, -0.1) is 0 Å². The fraction of sp³-hybridized carbons (Fsp3) is 0.171. The van der Waals surface area contributed by atoms with Gasteiger partial charge in [0.25, 0.3) is 0 Å². The van der Waals surface area contributed by atoms with E-state index in [2.05, 4.69) is 258 Å². The largest absolute Gasteiger partial charge is 0.310 e. The van der Waals surface area contributed by atoms with Crippen LogP contribution in [0.3, 0.4) is 0 Å². The first-order valence-electron chi connectivity index (χ1n) is 26.4. The zero-order chi connectivity index (χ0) is 50.4. The molecule has 0 bridgehead atoms. The van der Waals surface area contributed by atoms with Gasteiger partial charge in [0.15, 0.2) is 0 Å². The maximum absolute atomic E-state index is 2.67. The highest BCUT2D eigenvalue weighted by molar-refractivity contribution is 6.28. The van der Waals surface area contributed by atoms with Crippen LogP contribution in [0, 0.1) is 41.5 Å². The molecule has 0 spiro atoms. The molecule has 0 unspecified atom stereocenters. The van der Waals surface area contributed by atoms with E-state index < -0.39 is 0 Å². The van der Waals surface area contributed by atoms with Crippen molar-refractivity contribution < 1.29 is 0 Å². The first-order valence-corrected chi connectivity index (χ1v) is 26.4. The topological polar surface area (TPSA) is 15.3 Å². The molecule has 15 rings (SSSR count). The molecule has 0 fully saturated rings. The maximum Gasteiger partial charge on any atom is 0.0638 e. The van der Waals surface area contributed by atoms with Crippen LogP contribution in [0.5, 0.6) is 0 Å². The molecule has 358 valence electrons. The lowest BCUT2D eigenvalue weighted by molar-refractivity contribution is 0.666. The number of benzene rings is 9. The van der Waals surface area contributed by atoms with Crippen molar-refractivity contribution in [2.75, 3.05) is 9.80 Å². The van der Waals surface area contributed by atoms with Gasteiger partial charge in [0, 0.05) is 77.0 Å². The lowest BCUT2D eigenvalue weighted by Gasteiger charge is -2.30. The van der Waals surface area contributed by atoms with Crippen LogP contribution in [0.2, 0.25) is 0 Å². The number of nitrogens with zero attached hydrogens (tertiary/aromatic N) is 4. The number of rotatable bonds is 6. The van der Waals surface area contributed by atoms with E-state index in [1.165, 1.54) is 167 Å². The van der Waals surface area contributed by atoms with Crippen molar-refractivity contribution in [3.05, 3.63) is 225 Å². The fourth-order valence-electron chi connectivity index (χ4n) is 14.5. The average molecular weight is 955 g/mol. The van der Waals surface area contributed by atoms with Gasteiger partial charge >= 0.3 is 0 Å². The third-order valence-corrected chi connectivity index (χ3v) is 17.4. The van der Waals surface area contributed by atoms with Crippen LogP contribution in [0.4, 0.5) is 34.1 Å². The van der Waals surface area contributed by atoms with E-state index in [0.717, 1.165) is 0 Å². The molecule has 2 aliphatic rings. The monoisotopic (exact) mass is 954 g/mol. The van der Waals surface area contributed by atoms with Crippen LogP contribution in [0.1, 0.15) is 83.3 Å². The molecule has 0 atom stereocenters. The van der Waals surface area contributed by atoms with Crippen molar-refractivity contribution in [2.45, 2.75) is 80.1 Å². The second kappa shape index (κ2) is 14.7. The van der Waals surface area contributed by atoms with E-state index in [1.807, 2.05) is 0 Å². The van der Waals surface area contributed by atoms with Crippen LogP contribution in [-0.4, -0.2) is 8.80 Å². The van der Waals surface area contributed by atoms with Crippen molar-refractivity contribution in [1.29, 1.82) is 0 Å². The molecule has 2 aliphatic carbocycles. The van der Waals surface area contributed by atoms with Gasteiger partial charge in [-0.3, -0.25) is 0 Å². The number of aromatic nitrogens is 2. The van der Waals surface area contributed by atoms with Gasteiger partial charge in [-0.2, -0.15) is 0 Å². The van der Waals surface area contributed by atoms with Gasteiger partial charge in [0.1, 0.15) is 0 Å². The normalized spacial score (nSPS) is 14.3. The summed E-state index contributed by atoms with van der Waals surface area (Å²) in [7, 11) is 0. The minimum atomic E-state index is -0.253. The van der Waals surface area contributed by atoms with E-state index in [9.17, 15) is 0 Å². The molecular weight excluding hydrogens is 897 g/mol. The van der Waals surface area contributed by atoms with Gasteiger partial charge in [0.05, 0.1) is 44.8 Å². The summed E-state index contributed by atoms with van der Waals surface area (Å²) in [5, 5.41) is 7.77. The van der Waals surface area contributed by atoms with Gasteiger partial charge in [-0.25, -0.2) is 0 Å². The van der Waals surface area contributed by atoms with Gasteiger partial charge in [0.2, 0.25) is 0 Å². The molecule has 0 N–H and O–H groups in total. The van der Waals surface area contributed by atoms with E-state index in [-0.39, 0.29) is 10.8 Å². The summed E-state index contributed by atoms with van der Waals surface area (Å²) in [6, 6.07) is 65.0. The summed E-state index contributed by atoms with van der Waals surface area (Å²) in [5.74, 6) is 0. The standard InChI is InChI=1S/C70H58N4/c1-39-31-40(2)34-45(33-39)71(55-25-17-11-19-43(55)5)57-29-27-47-51-37-60-52(38-59(51)73-65(47)61(57)63-67(73)49-21-13-15-23-53(49)69(63,7)8)48-28-30-58(72(56-26-18-12-20-44(56)6)46-35-41(3)32-42(4)36-46)62-64-68(74(60)66(48)62)50-22-14-16-24-54(50)70(64,9)10/h11-38H,1-10H3. The summed E-state index contributed by atoms with van der Waals surface area (Å²) >= 11 is 0. The summed E-state index contributed by atoms with van der Waals surface area (Å²) < 4.78 is 5.35. The third-order valence-electron chi connectivity index (χ3n) is 17.4. The smallest absolute Gasteiger partial charge is 0.0638 e. The molecule has 4 heterocycles. The Hall–Kier alpha value is -8.34. The van der Waals surface area contributed by atoms with E-state index in [1.54, 1.807) is 0 Å². The zero-order valence-corrected chi connectivity index (χ0v) is 44.0. The Kier molecular flexibility index (Phi) is 8.57. The van der Waals surface area contributed by atoms with Gasteiger partial charge < -0.3 is 18.6 Å². The second-order valence-corrected chi connectivity index (χ2v) is 23.0. The lowest BCUT2D eigenvalue weighted by atomic mass is 9.81. The Morgan fingerprint density at radius 1 is 0.351 bits per heavy atom. The number of aryl methyl sites for hydroxylation is 6. The molecule has 4 aromatic heterocycles. The maximum atomic E-state index is 2.67. The Bertz CT molecular complexity index is 4240. The second-order valence-electron chi connectivity index (χ2n) is 23.0.